The number of hydrogen-bond acceptors (Lipinski definition) is 4. The number of rotatable bonds is 4. The third kappa shape index (κ3) is 7.79. The van der Waals surface area contributed by atoms with Crippen molar-refractivity contribution in [1.82, 2.24) is 20.4 Å². The van der Waals surface area contributed by atoms with E-state index in [1.165, 1.54) is 6.20 Å². The maximum Gasteiger partial charge on any atom is 0.216 e. The van der Waals surface area contributed by atoms with Crippen LogP contribution in [0.15, 0.2) is 47.8 Å². The maximum absolute atomic E-state index is 13.7. The second-order valence-corrected chi connectivity index (χ2v) is 6.18. The molecular formula is C23H36BFN6. The summed E-state index contributed by atoms with van der Waals surface area (Å²) in [6.45, 7) is 17.7. The minimum Gasteiger partial charge on any atom is -0.356 e. The summed E-state index contributed by atoms with van der Waals surface area (Å²) in [7, 11) is 6.20. The molecule has 0 aliphatic carbocycles. The average molecular weight is 426 g/mol. The van der Waals surface area contributed by atoms with Gasteiger partial charge in [-0.1, -0.05) is 51.9 Å². The molecule has 1 fully saturated rings. The van der Waals surface area contributed by atoms with Gasteiger partial charge < -0.3 is 10.2 Å². The Hall–Kier alpha value is -2.74. The van der Waals surface area contributed by atoms with Gasteiger partial charge in [0.2, 0.25) is 5.95 Å². The number of H-pyrrole nitrogens is 1. The fourth-order valence-electron chi connectivity index (χ4n) is 2.96. The van der Waals surface area contributed by atoms with Crippen LogP contribution in [0.5, 0.6) is 0 Å². The standard InChI is InChI=1S/C18H22BFN6.C2H6.C2H4.CH4/c1-3-17(24-23-12(2)26-8-6-21-7-9-26)14-5-4-13(10-16(14)19)15-11-22-25-18(15)20;2*1-2;/h4-5,10-11,21H,3,6-9H2,1-2H3,(H,22,25);1-2H3;1-2H2;1H4/b23-12+,24-17+;;;. The van der Waals surface area contributed by atoms with Crippen molar-refractivity contribution in [3.05, 3.63) is 49.1 Å². The first kappa shape index (κ1) is 28.3. The topological polar surface area (TPSA) is 68.7 Å². The van der Waals surface area contributed by atoms with Crippen molar-refractivity contribution in [2.24, 2.45) is 10.2 Å². The summed E-state index contributed by atoms with van der Waals surface area (Å²) in [6, 6.07) is 5.41. The van der Waals surface area contributed by atoms with Gasteiger partial charge in [-0.2, -0.15) is 14.6 Å². The van der Waals surface area contributed by atoms with E-state index in [0.29, 0.717) is 23.0 Å². The van der Waals surface area contributed by atoms with E-state index in [-0.39, 0.29) is 7.43 Å². The van der Waals surface area contributed by atoms with Crippen LogP contribution < -0.4 is 10.8 Å². The fourth-order valence-corrected chi connectivity index (χ4v) is 2.96. The quantitative estimate of drug-likeness (QED) is 0.256. The average Bonchev–Trinajstić information content (AvgIpc) is 3.24. The lowest BCUT2D eigenvalue weighted by Gasteiger charge is -2.28. The summed E-state index contributed by atoms with van der Waals surface area (Å²) in [4.78, 5) is 2.21. The smallest absolute Gasteiger partial charge is 0.216 e. The number of nitrogens with zero attached hydrogens (tertiary/aromatic N) is 4. The van der Waals surface area contributed by atoms with E-state index < -0.39 is 5.95 Å². The van der Waals surface area contributed by atoms with Crippen molar-refractivity contribution in [2.75, 3.05) is 26.2 Å². The Morgan fingerprint density at radius 3 is 2.39 bits per heavy atom. The van der Waals surface area contributed by atoms with Gasteiger partial charge in [-0.05, 0) is 24.5 Å². The molecule has 2 radical (unpaired) electrons. The van der Waals surface area contributed by atoms with Gasteiger partial charge in [0.25, 0.3) is 0 Å². The molecule has 0 saturated carbocycles. The molecule has 1 aliphatic heterocycles. The van der Waals surface area contributed by atoms with E-state index in [1.54, 1.807) is 6.07 Å². The molecule has 2 N–H and O–H groups in total. The summed E-state index contributed by atoms with van der Waals surface area (Å²) in [5.41, 5.74) is 3.23. The van der Waals surface area contributed by atoms with Crippen LogP contribution in [-0.2, 0) is 0 Å². The van der Waals surface area contributed by atoms with E-state index in [9.17, 15) is 4.39 Å². The number of aromatic nitrogens is 2. The molecule has 1 aromatic heterocycles. The molecule has 0 unspecified atom stereocenters. The van der Waals surface area contributed by atoms with Crippen molar-refractivity contribution in [3.63, 3.8) is 0 Å². The number of halogens is 1. The molecule has 2 aromatic rings. The van der Waals surface area contributed by atoms with Gasteiger partial charge in [0.1, 0.15) is 13.7 Å². The van der Waals surface area contributed by atoms with Crippen LogP contribution in [0.1, 0.15) is 47.1 Å². The summed E-state index contributed by atoms with van der Waals surface area (Å²) < 4.78 is 13.7. The highest BCUT2D eigenvalue weighted by Gasteiger charge is 2.12. The van der Waals surface area contributed by atoms with Crippen molar-refractivity contribution in [2.45, 2.75) is 41.5 Å². The minimum atomic E-state index is -0.474. The predicted molar refractivity (Wildman–Crippen MR) is 133 cm³/mol. The molecule has 0 bridgehead atoms. The van der Waals surface area contributed by atoms with Gasteiger partial charge in [-0.15, -0.1) is 18.3 Å². The van der Waals surface area contributed by atoms with Crippen LogP contribution >= 0.6 is 0 Å². The SMILES string of the molecule is C.C=C.CC.[B]c1cc(-c2cn[nH]c2F)ccc1/C(CC)=N/N=C(\C)N1CCNCC1. The van der Waals surface area contributed by atoms with E-state index >= 15 is 0 Å². The summed E-state index contributed by atoms with van der Waals surface area (Å²) in [6.07, 6.45) is 2.14. The highest BCUT2D eigenvalue weighted by atomic mass is 19.1. The first-order valence-electron chi connectivity index (χ1n) is 10.3. The predicted octanol–water partition coefficient (Wildman–Crippen LogP) is 3.91. The molecule has 0 amide bonds. The summed E-state index contributed by atoms with van der Waals surface area (Å²) >= 11 is 0. The third-order valence-electron chi connectivity index (χ3n) is 4.49. The lowest BCUT2D eigenvalue weighted by molar-refractivity contribution is 0.355. The third-order valence-corrected chi connectivity index (χ3v) is 4.49. The van der Waals surface area contributed by atoms with Crippen molar-refractivity contribution < 1.29 is 4.39 Å². The van der Waals surface area contributed by atoms with Gasteiger partial charge in [-0.3, -0.25) is 5.10 Å². The Bertz CT molecular complexity index is 840. The van der Waals surface area contributed by atoms with E-state index in [4.69, 9.17) is 7.85 Å². The lowest BCUT2D eigenvalue weighted by atomic mass is 9.85. The molecule has 0 spiro atoms. The van der Waals surface area contributed by atoms with Crippen LogP contribution in [0.2, 0.25) is 0 Å². The van der Waals surface area contributed by atoms with Gasteiger partial charge >= 0.3 is 0 Å². The van der Waals surface area contributed by atoms with Crippen LogP contribution in [0.4, 0.5) is 4.39 Å². The lowest BCUT2D eigenvalue weighted by Crippen LogP contribution is -2.45. The minimum absolute atomic E-state index is 0. The first-order chi connectivity index (χ1) is 14.6. The van der Waals surface area contributed by atoms with Crippen molar-refractivity contribution >= 4 is 24.9 Å². The molecule has 8 heteroatoms. The fraction of sp³-hybridized carbons (Fsp3) is 0.435. The Morgan fingerprint density at radius 1 is 1.23 bits per heavy atom. The van der Waals surface area contributed by atoms with Gasteiger partial charge in [-0.25, -0.2) is 0 Å². The van der Waals surface area contributed by atoms with Crippen molar-refractivity contribution in [1.29, 1.82) is 0 Å². The van der Waals surface area contributed by atoms with E-state index in [2.05, 4.69) is 43.8 Å². The molecule has 31 heavy (non-hydrogen) atoms. The number of amidine groups is 1. The maximum atomic E-state index is 13.7. The Labute approximate surface area is 188 Å². The first-order valence-corrected chi connectivity index (χ1v) is 10.3. The number of nitrogens with one attached hydrogen (secondary N) is 2. The second-order valence-electron chi connectivity index (χ2n) is 6.18. The Morgan fingerprint density at radius 2 is 1.87 bits per heavy atom. The molecular weight excluding hydrogens is 390 g/mol. The monoisotopic (exact) mass is 426 g/mol. The molecule has 3 rings (SSSR count). The van der Waals surface area contributed by atoms with Crippen LogP contribution in [0, 0.1) is 5.95 Å². The van der Waals surface area contributed by atoms with Crippen molar-refractivity contribution in [3.8, 4) is 11.1 Å². The number of aromatic amines is 1. The highest BCUT2D eigenvalue weighted by Crippen LogP contribution is 2.20. The summed E-state index contributed by atoms with van der Waals surface area (Å²) in [5.74, 6) is 0.422. The molecule has 0 atom stereocenters. The zero-order valence-corrected chi connectivity index (χ0v) is 18.5. The molecule has 2 heterocycles. The number of benzene rings is 1. The molecule has 1 saturated heterocycles. The Balaban J connectivity index is 0.00000170. The number of hydrogen-bond donors (Lipinski definition) is 2. The zero-order chi connectivity index (χ0) is 22.5. The molecule has 1 aliphatic rings. The second kappa shape index (κ2) is 15.1. The van der Waals surface area contributed by atoms with E-state index in [0.717, 1.165) is 43.3 Å². The normalized spacial score (nSPS) is 13.9. The van der Waals surface area contributed by atoms with Crippen LogP contribution in [0.3, 0.4) is 0 Å². The molecule has 6 nitrogen and oxygen atoms in total. The van der Waals surface area contributed by atoms with Crippen LogP contribution in [-0.4, -0.2) is 60.7 Å². The summed E-state index contributed by atoms with van der Waals surface area (Å²) in [5, 5.41) is 18.1. The largest absolute Gasteiger partial charge is 0.356 e. The van der Waals surface area contributed by atoms with Gasteiger partial charge in [0.05, 0.1) is 17.5 Å². The highest BCUT2D eigenvalue weighted by molar-refractivity contribution is 6.37. The van der Waals surface area contributed by atoms with Gasteiger partial charge in [0, 0.05) is 26.2 Å². The molecule has 168 valence electrons. The number of piperazine rings is 1. The van der Waals surface area contributed by atoms with Gasteiger partial charge in [0.15, 0.2) is 0 Å². The Kier molecular flexibility index (Phi) is 13.8. The molecule has 1 aromatic carbocycles. The van der Waals surface area contributed by atoms with E-state index in [1.807, 2.05) is 39.8 Å². The zero-order valence-electron chi connectivity index (χ0n) is 18.5. The van der Waals surface area contributed by atoms with Crippen LogP contribution in [0.25, 0.3) is 11.1 Å².